The summed E-state index contributed by atoms with van der Waals surface area (Å²) < 4.78 is 0. The number of hydrogen-bond donors (Lipinski definition) is 2. The molecule has 86 valence electrons. The van der Waals surface area contributed by atoms with E-state index >= 15 is 0 Å². The Morgan fingerprint density at radius 3 is 2.50 bits per heavy atom. The molecule has 0 aromatic heterocycles. The molecule has 0 heterocycles. The van der Waals surface area contributed by atoms with Crippen LogP contribution in [0.5, 0.6) is 0 Å². The molecule has 1 aromatic carbocycles. The van der Waals surface area contributed by atoms with Crippen molar-refractivity contribution in [3.8, 4) is 0 Å². The predicted octanol–water partition coefficient (Wildman–Crippen LogP) is 1.75. The maximum Gasteiger partial charge on any atom is 0.241 e. The molecule has 0 aliphatic heterocycles. The fourth-order valence-electron chi connectivity index (χ4n) is 2.02. The van der Waals surface area contributed by atoms with Gasteiger partial charge in [0.25, 0.3) is 0 Å². The van der Waals surface area contributed by atoms with Crippen LogP contribution in [-0.2, 0) is 4.79 Å². The predicted molar refractivity (Wildman–Crippen MR) is 63.8 cm³/mol. The zero-order valence-corrected chi connectivity index (χ0v) is 9.57. The second-order valence-corrected chi connectivity index (χ2v) is 4.79. The topological polar surface area (TPSA) is 55.1 Å². The molecule has 0 saturated heterocycles. The van der Waals surface area contributed by atoms with Gasteiger partial charge in [0.15, 0.2) is 0 Å². The number of benzene rings is 1. The summed E-state index contributed by atoms with van der Waals surface area (Å²) in [6, 6.07) is 8.92. The number of nitrogens with one attached hydrogen (secondary N) is 1. The smallest absolute Gasteiger partial charge is 0.241 e. The Balaban J connectivity index is 1.99. The van der Waals surface area contributed by atoms with Crippen molar-refractivity contribution in [2.75, 3.05) is 0 Å². The largest absolute Gasteiger partial charge is 0.349 e. The van der Waals surface area contributed by atoms with Crippen LogP contribution in [-0.4, -0.2) is 11.4 Å². The van der Waals surface area contributed by atoms with Gasteiger partial charge in [-0.25, -0.2) is 0 Å². The minimum absolute atomic E-state index is 0.0243. The molecule has 0 radical (unpaired) electrons. The Hall–Kier alpha value is -1.35. The first-order chi connectivity index (χ1) is 7.61. The lowest BCUT2D eigenvalue weighted by Crippen LogP contribution is -2.53. The number of rotatable bonds is 3. The fourth-order valence-corrected chi connectivity index (χ4v) is 2.02. The maximum absolute atomic E-state index is 11.9. The Kier molecular flexibility index (Phi) is 2.97. The third kappa shape index (κ3) is 2.25. The average molecular weight is 218 g/mol. The lowest BCUT2D eigenvalue weighted by atomic mass is 9.78. The van der Waals surface area contributed by atoms with Crippen molar-refractivity contribution >= 4 is 5.91 Å². The van der Waals surface area contributed by atoms with Crippen molar-refractivity contribution in [2.24, 2.45) is 5.73 Å². The van der Waals surface area contributed by atoms with Crippen LogP contribution in [0.25, 0.3) is 0 Å². The van der Waals surface area contributed by atoms with E-state index in [4.69, 9.17) is 5.73 Å². The van der Waals surface area contributed by atoms with Crippen molar-refractivity contribution in [3.63, 3.8) is 0 Å². The number of nitrogens with two attached hydrogens (primary N) is 1. The van der Waals surface area contributed by atoms with Gasteiger partial charge in [-0.05, 0) is 31.7 Å². The summed E-state index contributed by atoms with van der Waals surface area (Å²) >= 11 is 0. The van der Waals surface area contributed by atoms with Crippen molar-refractivity contribution in [3.05, 3.63) is 35.9 Å². The zero-order chi connectivity index (χ0) is 11.6. The van der Waals surface area contributed by atoms with Crippen LogP contribution in [0.15, 0.2) is 30.3 Å². The molecule has 3 nitrogen and oxygen atoms in total. The number of carbonyl (C=O) groups is 1. The maximum atomic E-state index is 11.9. The first-order valence-corrected chi connectivity index (χ1v) is 5.73. The molecule has 0 bridgehead atoms. The molecule has 0 spiro atoms. The van der Waals surface area contributed by atoms with Gasteiger partial charge >= 0.3 is 0 Å². The van der Waals surface area contributed by atoms with E-state index in [0.29, 0.717) is 0 Å². The van der Waals surface area contributed by atoms with E-state index in [2.05, 4.69) is 12.2 Å². The molecule has 1 amide bonds. The van der Waals surface area contributed by atoms with Crippen LogP contribution in [0.1, 0.15) is 37.8 Å². The van der Waals surface area contributed by atoms with Gasteiger partial charge in [-0.15, -0.1) is 0 Å². The summed E-state index contributed by atoms with van der Waals surface area (Å²) in [5, 5.41) is 3.03. The van der Waals surface area contributed by atoms with Gasteiger partial charge in [-0.2, -0.15) is 0 Å². The standard InChI is InChI=1S/C13H18N2O/c1-13(8-5-9-13)15-12(16)11(14)10-6-3-2-4-7-10/h2-4,6-7,11H,5,8-9,14H2,1H3,(H,15,16). The van der Waals surface area contributed by atoms with Gasteiger partial charge in [0.1, 0.15) is 6.04 Å². The van der Waals surface area contributed by atoms with Crippen molar-refractivity contribution < 1.29 is 4.79 Å². The summed E-state index contributed by atoms with van der Waals surface area (Å²) in [6.07, 6.45) is 3.30. The van der Waals surface area contributed by atoms with Gasteiger partial charge in [-0.3, -0.25) is 4.79 Å². The SMILES string of the molecule is CC1(NC(=O)C(N)c2ccccc2)CCC1. The first-order valence-electron chi connectivity index (χ1n) is 5.73. The number of carbonyl (C=O) groups excluding carboxylic acids is 1. The summed E-state index contributed by atoms with van der Waals surface area (Å²) in [7, 11) is 0. The van der Waals surface area contributed by atoms with E-state index in [-0.39, 0.29) is 11.4 Å². The molecular weight excluding hydrogens is 200 g/mol. The minimum atomic E-state index is -0.557. The summed E-state index contributed by atoms with van der Waals surface area (Å²) in [4.78, 5) is 11.9. The molecule has 1 aliphatic rings. The quantitative estimate of drug-likeness (QED) is 0.812. The van der Waals surface area contributed by atoms with Crippen LogP contribution >= 0.6 is 0 Å². The molecule has 16 heavy (non-hydrogen) atoms. The van der Waals surface area contributed by atoms with E-state index in [1.165, 1.54) is 6.42 Å². The van der Waals surface area contributed by atoms with Gasteiger partial charge in [0.2, 0.25) is 5.91 Å². The van der Waals surface area contributed by atoms with E-state index in [1.54, 1.807) is 0 Å². The second-order valence-electron chi connectivity index (χ2n) is 4.79. The van der Waals surface area contributed by atoms with Gasteiger partial charge in [0, 0.05) is 5.54 Å². The molecule has 1 aromatic rings. The van der Waals surface area contributed by atoms with Gasteiger partial charge in [-0.1, -0.05) is 30.3 Å². The van der Waals surface area contributed by atoms with Gasteiger partial charge < -0.3 is 11.1 Å². The summed E-state index contributed by atoms with van der Waals surface area (Å²) in [5.41, 5.74) is 6.75. The lowest BCUT2D eigenvalue weighted by molar-refractivity contribution is -0.125. The molecule has 1 atom stereocenters. The summed E-state index contributed by atoms with van der Waals surface area (Å²) in [6.45, 7) is 2.08. The van der Waals surface area contributed by atoms with Gasteiger partial charge in [0.05, 0.1) is 0 Å². The Labute approximate surface area is 96.0 Å². The average Bonchev–Trinajstić information content (AvgIpc) is 2.27. The molecule has 1 unspecified atom stereocenters. The van der Waals surface area contributed by atoms with E-state index in [0.717, 1.165) is 18.4 Å². The lowest BCUT2D eigenvalue weighted by Gasteiger charge is -2.39. The number of amides is 1. The molecule has 1 aliphatic carbocycles. The normalized spacial score (nSPS) is 19.6. The van der Waals surface area contributed by atoms with Crippen LogP contribution in [0, 0.1) is 0 Å². The highest BCUT2D eigenvalue weighted by atomic mass is 16.2. The van der Waals surface area contributed by atoms with Crippen molar-refractivity contribution in [1.29, 1.82) is 0 Å². The highest BCUT2D eigenvalue weighted by Gasteiger charge is 2.34. The number of hydrogen-bond acceptors (Lipinski definition) is 2. The third-order valence-corrected chi connectivity index (χ3v) is 3.32. The molecular formula is C13H18N2O. The molecule has 2 rings (SSSR count). The third-order valence-electron chi connectivity index (χ3n) is 3.32. The summed E-state index contributed by atoms with van der Waals surface area (Å²) in [5.74, 6) is -0.0756. The zero-order valence-electron chi connectivity index (χ0n) is 9.57. The minimum Gasteiger partial charge on any atom is -0.349 e. The first kappa shape index (κ1) is 11.1. The highest BCUT2D eigenvalue weighted by Crippen LogP contribution is 2.31. The van der Waals surface area contributed by atoms with Crippen LogP contribution in [0.3, 0.4) is 0 Å². The van der Waals surface area contributed by atoms with Crippen LogP contribution in [0.2, 0.25) is 0 Å². The van der Waals surface area contributed by atoms with Crippen molar-refractivity contribution in [2.45, 2.75) is 37.8 Å². The highest BCUT2D eigenvalue weighted by molar-refractivity contribution is 5.83. The Morgan fingerprint density at radius 1 is 1.38 bits per heavy atom. The Bertz CT molecular complexity index is 371. The molecule has 3 N–H and O–H groups in total. The van der Waals surface area contributed by atoms with Crippen molar-refractivity contribution in [1.82, 2.24) is 5.32 Å². The monoisotopic (exact) mass is 218 g/mol. The Morgan fingerprint density at radius 2 is 2.00 bits per heavy atom. The molecule has 1 saturated carbocycles. The second kappa shape index (κ2) is 4.26. The van der Waals surface area contributed by atoms with E-state index in [9.17, 15) is 4.79 Å². The van der Waals surface area contributed by atoms with Crippen LogP contribution < -0.4 is 11.1 Å². The van der Waals surface area contributed by atoms with Crippen LogP contribution in [0.4, 0.5) is 0 Å². The van der Waals surface area contributed by atoms with E-state index in [1.807, 2.05) is 30.3 Å². The fraction of sp³-hybridized carbons (Fsp3) is 0.462. The molecule has 1 fully saturated rings. The van der Waals surface area contributed by atoms with E-state index < -0.39 is 6.04 Å². The molecule has 3 heteroatoms.